The van der Waals surface area contributed by atoms with Gasteiger partial charge in [0.1, 0.15) is 5.57 Å². The summed E-state index contributed by atoms with van der Waals surface area (Å²) in [5, 5.41) is 2.12. The summed E-state index contributed by atoms with van der Waals surface area (Å²) in [6.07, 6.45) is 1.50. The van der Waals surface area contributed by atoms with E-state index in [9.17, 15) is 9.59 Å². The van der Waals surface area contributed by atoms with Crippen LogP contribution in [0.3, 0.4) is 0 Å². The normalized spacial score (nSPS) is 10.1. The van der Waals surface area contributed by atoms with Crippen molar-refractivity contribution in [1.82, 2.24) is 0 Å². The van der Waals surface area contributed by atoms with Gasteiger partial charge in [0.05, 0.1) is 13.2 Å². The smallest absolute Gasteiger partial charge is 0.345 e. The minimum absolute atomic E-state index is 0.0982. The van der Waals surface area contributed by atoms with E-state index in [2.05, 4.69) is 0 Å². The summed E-state index contributed by atoms with van der Waals surface area (Å²) in [7, 11) is 0. The molecule has 0 fully saturated rings. The van der Waals surface area contributed by atoms with Crippen molar-refractivity contribution in [2.75, 3.05) is 13.2 Å². The minimum Gasteiger partial charge on any atom is -0.462 e. The van der Waals surface area contributed by atoms with Crippen LogP contribution in [0.2, 0.25) is 0 Å². The van der Waals surface area contributed by atoms with Crippen LogP contribution in [-0.4, -0.2) is 25.2 Å². The molecule has 0 unspecified atom stereocenters. The molecule has 0 aromatic heterocycles. The number of benzene rings is 2. The molecule has 0 radical (unpaired) electrons. The molecule has 0 saturated heterocycles. The molecular formula is C18H18O4. The number of rotatable bonds is 5. The zero-order valence-corrected chi connectivity index (χ0v) is 12.7. The van der Waals surface area contributed by atoms with Crippen LogP contribution in [0.4, 0.5) is 0 Å². The Kier molecular flexibility index (Phi) is 5.31. The SMILES string of the molecule is CCOC(=O)C(=Cc1ccc2ccccc2c1)C(=O)OCC. The number of hydrogen-bond acceptors (Lipinski definition) is 4. The average Bonchev–Trinajstić information content (AvgIpc) is 2.52. The number of esters is 2. The minimum atomic E-state index is -0.672. The molecule has 0 saturated carbocycles. The van der Waals surface area contributed by atoms with E-state index >= 15 is 0 Å². The Hall–Kier alpha value is -2.62. The second kappa shape index (κ2) is 7.41. The summed E-state index contributed by atoms with van der Waals surface area (Å²) in [5.74, 6) is -1.34. The fraction of sp³-hybridized carbons (Fsp3) is 0.222. The Morgan fingerprint density at radius 3 is 2.09 bits per heavy atom. The van der Waals surface area contributed by atoms with Gasteiger partial charge < -0.3 is 9.47 Å². The van der Waals surface area contributed by atoms with Crippen LogP contribution in [0.1, 0.15) is 19.4 Å². The van der Waals surface area contributed by atoms with E-state index in [0.29, 0.717) is 0 Å². The van der Waals surface area contributed by atoms with E-state index in [4.69, 9.17) is 9.47 Å². The second-order valence-corrected chi connectivity index (χ2v) is 4.61. The molecule has 0 amide bonds. The molecule has 0 N–H and O–H groups in total. The summed E-state index contributed by atoms with van der Waals surface area (Å²) in [6, 6.07) is 13.6. The van der Waals surface area contributed by atoms with Crippen LogP contribution in [-0.2, 0) is 19.1 Å². The van der Waals surface area contributed by atoms with Gasteiger partial charge in [-0.25, -0.2) is 9.59 Å². The van der Waals surface area contributed by atoms with Gasteiger partial charge >= 0.3 is 11.9 Å². The van der Waals surface area contributed by atoms with E-state index in [1.807, 2.05) is 42.5 Å². The molecule has 0 aliphatic carbocycles. The predicted octanol–water partition coefficient (Wildman–Crippen LogP) is 3.35. The Bertz CT molecular complexity index is 696. The van der Waals surface area contributed by atoms with Crippen molar-refractivity contribution in [1.29, 1.82) is 0 Å². The highest BCUT2D eigenvalue weighted by Gasteiger charge is 2.20. The summed E-state index contributed by atoms with van der Waals surface area (Å²) < 4.78 is 9.85. The van der Waals surface area contributed by atoms with E-state index in [1.54, 1.807) is 13.8 Å². The van der Waals surface area contributed by atoms with Gasteiger partial charge in [0.2, 0.25) is 0 Å². The Morgan fingerprint density at radius 2 is 1.50 bits per heavy atom. The zero-order chi connectivity index (χ0) is 15.9. The Morgan fingerprint density at radius 1 is 0.909 bits per heavy atom. The van der Waals surface area contributed by atoms with Crippen molar-refractivity contribution >= 4 is 28.8 Å². The van der Waals surface area contributed by atoms with Crippen molar-refractivity contribution in [3.8, 4) is 0 Å². The quantitative estimate of drug-likeness (QED) is 0.368. The maximum absolute atomic E-state index is 11.9. The maximum atomic E-state index is 11.9. The van der Waals surface area contributed by atoms with Gasteiger partial charge in [0, 0.05) is 0 Å². The summed E-state index contributed by atoms with van der Waals surface area (Å²) in [6.45, 7) is 3.79. The fourth-order valence-corrected chi connectivity index (χ4v) is 2.08. The largest absolute Gasteiger partial charge is 0.462 e. The van der Waals surface area contributed by atoms with Gasteiger partial charge in [0.15, 0.2) is 0 Å². The number of fused-ring (bicyclic) bond motifs is 1. The lowest BCUT2D eigenvalue weighted by molar-refractivity contribution is -0.146. The standard InChI is InChI=1S/C18H18O4/c1-3-21-17(19)16(18(20)22-4-2)12-13-9-10-14-7-5-6-8-15(14)11-13/h5-12H,3-4H2,1-2H3. The molecule has 2 aromatic rings. The highest BCUT2D eigenvalue weighted by Crippen LogP contribution is 2.18. The monoisotopic (exact) mass is 298 g/mol. The third-order valence-electron chi connectivity index (χ3n) is 3.08. The molecule has 114 valence electrons. The van der Waals surface area contributed by atoms with E-state index < -0.39 is 11.9 Å². The second-order valence-electron chi connectivity index (χ2n) is 4.61. The molecule has 22 heavy (non-hydrogen) atoms. The zero-order valence-electron chi connectivity index (χ0n) is 12.7. The number of carbonyl (C=O) groups excluding carboxylic acids is 2. The van der Waals surface area contributed by atoms with E-state index in [1.165, 1.54) is 6.08 Å². The van der Waals surface area contributed by atoms with Crippen molar-refractivity contribution in [3.63, 3.8) is 0 Å². The molecule has 2 rings (SSSR count). The number of carbonyl (C=O) groups is 2. The van der Waals surface area contributed by atoms with Gasteiger partial charge in [-0.05, 0) is 42.3 Å². The lowest BCUT2D eigenvalue weighted by atomic mass is 10.0. The van der Waals surface area contributed by atoms with E-state index in [0.717, 1.165) is 16.3 Å². The lowest BCUT2D eigenvalue weighted by Gasteiger charge is -2.07. The first kappa shape index (κ1) is 15.8. The molecule has 0 aliphatic rings. The summed E-state index contributed by atoms with van der Waals surface area (Å²) in [4.78, 5) is 23.9. The molecule has 0 atom stereocenters. The molecule has 4 heteroatoms. The van der Waals surface area contributed by atoms with Crippen molar-refractivity contribution in [2.24, 2.45) is 0 Å². The summed E-state index contributed by atoms with van der Waals surface area (Å²) >= 11 is 0. The molecule has 0 aliphatic heterocycles. The molecule has 0 spiro atoms. The fourth-order valence-electron chi connectivity index (χ4n) is 2.08. The first-order chi connectivity index (χ1) is 10.7. The summed E-state index contributed by atoms with van der Waals surface area (Å²) in [5.41, 5.74) is 0.647. The van der Waals surface area contributed by atoms with Gasteiger partial charge in [-0.2, -0.15) is 0 Å². The highest BCUT2D eigenvalue weighted by atomic mass is 16.6. The third kappa shape index (κ3) is 3.73. The lowest BCUT2D eigenvalue weighted by Crippen LogP contribution is -2.18. The van der Waals surface area contributed by atoms with Crippen molar-refractivity contribution < 1.29 is 19.1 Å². The number of hydrogen-bond donors (Lipinski definition) is 0. The maximum Gasteiger partial charge on any atom is 0.345 e. The molecule has 0 heterocycles. The van der Waals surface area contributed by atoms with Crippen molar-refractivity contribution in [2.45, 2.75) is 13.8 Å². The van der Waals surface area contributed by atoms with Crippen LogP contribution >= 0.6 is 0 Å². The van der Waals surface area contributed by atoms with Gasteiger partial charge in [0.25, 0.3) is 0 Å². The topological polar surface area (TPSA) is 52.6 Å². The predicted molar refractivity (Wildman–Crippen MR) is 85.2 cm³/mol. The van der Waals surface area contributed by atoms with Gasteiger partial charge in [-0.3, -0.25) is 0 Å². The highest BCUT2D eigenvalue weighted by molar-refractivity contribution is 6.17. The van der Waals surface area contributed by atoms with E-state index in [-0.39, 0.29) is 18.8 Å². The Labute approximate surface area is 129 Å². The van der Waals surface area contributed by atoms with Crippen LogP contribution in [0.15, 0.2) is 48.0 Å². The van der Waals surface area contributed by atoms with Crippen LogP contribution < -0.4 is 0 Å². The van der Waals surface area contributed by atoms with Gasteiger partial charge in [-0.15, -0.1) is 0 Å². The first-order valence-corrected chi connectivity index (χ1v) is 7.20. The molecule has 4 nitrogen and oxygen atoms in total. The van der Waals surface area contributed by atoms with Gasteiger partial charge in [-0.1, -0.05) is 36.4 Å². The third-order valence-corrected chi connectivity index (χ3v) is 3.08. The van der Waals surface area contributed by atoms with Crippen LogP contribution in [0, 0.1) is 0 Å². The van der Waals surface area contributed by atoms with Crippen LogP contribution in [0.5, 0.6) is 0 Å². The first-order valence-electron chi connectivity index (χ1n) is 7.20. The molecule has 0 bridgehead atoms. The average molecular weight is 298 g/mol. The Balaban J connectivity index is 2.41. The molecular weight excluding hydrogens is 280 g/mol. The molecule has 2 aromatic carbocycles. The van der Waals surface area contributed by atoms with Crippen LogP contribution in [0.25, 0.3) is 16.8 Å². The van der Waals surface area contributed by atoms with Crippen molar-refractivity contribution in [3.05, 3.63) is 53.6 Å². The number of ether oxygens (including phenoxy) is 2.